The summed E-state index contributed by atoms with van der Waals surface area (Å²) in [5, 5.41) is 3.42. The molecule has 30 heavy (non-hydrogen) atoms. The number of benzene rings is 2. The van der Waals surface area contributed by atoms with Gasteiger partial charge in [0.15, 0.2) is 11.6 Å². The quantitative estimate of drug-likeness (QED) is 0.479. The standard InChI is InChI=1S/C20H20N6O2S2/c27-30(28,17-12-6-11-16-18(17)25-29-24-16)26-20-19(21-13-7-2-1-3-8-13)22-14-9-4-5-10-15(14)23-20/h4-6,9-13H,1-3,7-8H2,(H,21,22)(H,23,26). The fourth-order valence-electron chi connectivity index (χ4n) is 3.79. The molecule has 0 spiro atoms. The van der Waals surface area contributed by atoms with Gasteiger partial charge < -0.3 is 5.32 Å². The molecule has 1 saturated carbocycles. The number of para-hydroxylation sites is 2. The molecule has 0 amide bonds. The zero-order valence-corrected chi connectivity index (χ0v) is 17.7. The highest BCUT2D eigenvalue weighted by molar-refractivity contribution is 7.93. The Morgan fingerprint density at radius 3 is 2.30 bits per heavy atom. The molecule has 1 fully saturated rings. The van der Waals surface area contributed by atoms with E-state index < -0.39 is 10.0 Å². The van der Waals surface area contributed by atoms with Gasteiger partial charge in [0.2, 0.25) is 0 Å². The third kappa shape index (κ3) is 3.68. The van der Waals surface area contributed by atoms with Gasteiger partial charge in [-0.1, -0.05) is 37.5 Å². The minimum Gasteiger partial charge on any atom is -0.364 e. The van der Waals surface area contributed by atoms with E-state index in [0.717, 1.165) is 37.4 Å². The molecule has 0 atom stereocenters. The van der Waals surface area contributed by atoms with E-state index in [2.05, 4.69) is 28.8 Å². The highest BCUT2D eigenvalue weighted by atomic mass is 32.2. The fourth-order valence-corrected chi connectivity index (χ4v) is 5.57. The summed E-state index contributed by atoms with van der Waals surface area (Å²) in [6.07, 6.45) is 5.60. The molecule has 2 heterocycles. The Labute approximate surface area is 178 Å². The number of fused-ring (bicyclic) bond motifs is 2. The lowest BCUT2D eigenvalue weighted by atomic mass is 9.95. The Kier molecular flexibility index (Phi) is 4.95. The van der Waals surface area contributed by atoms with Crippen LogP contribution in [0.4, 0.5) is 11.6 Å². The molecule has 0 aliphatic heterocycles. The first kappa shape index (κ1) is 19.1. The van der Waals surface area contributed by atoms with Crippen LogP contribution in [0.1, 0.15) is 32.1 Å². The van der Waals surface area contributed by atoms with Crippen LogP contribution in [0.3, 0.4) is 0 Å². The number of hydrogen-bond donors (Lipinski definition) is 2. The van der Waals surface area contributed by atoms with Crippen LogP contribution in [0.15, 0.2) is 47.4 Å². The highest BCUT2D eigenvalue weighted by Gasteiger charge is 2.24. The Balaban J connectivity index is 1.56. The predicted molar refractivity (Wildman–Crippen MR) is 118 cm³/mol. The van der Waals surface area contributed by atoms with Crippen molar-refractivity contribution in [1.29, 1.82) is 0 Å². The molecule has 1 aliphatic rings. The molecule has 4 aromatic rings. The van der Waals surface area contributed by atoms with Crippen molar-refractivity contribution in [3.8, 4) is 0 Å². The summed E-state index contributed by atoms with van der Waals surface area (Å²) in [7, 11) is -3.93. The van der Waals surface area contributed by atoms with E-state index in [-0.39, 0.29) is 16.8 Å². The maximum absolute atomic E-state index is 13.2. The van der Waals surface area contributed by atoms with Gasteiger partial charge in [0.05, 0.1) is 22.8 Å². The Bertz CT molecular complexity index is 1320. The Hall–Kier alpha value is -2.85. The number of rotatable bonds is 5. The largest absolute Gasteiger partial charge is 0.364 e. The van der Waals surface area contributed by atoms with Crippen LogP contribution in [0.5, 0.6) is 0 Å². The van der Waals surface area contributed by atoms with Crippen molar-refractivity contribution < 1.29 is 8.42 Å². The van der Waals surface area contributed by atoms with Gasteiger partial charge in [0, 0.05) is 6.04 Å². The summed E-state index contributed by atoms with van der Waals surface area (Å²) >= 11 is 0.985. The second-order valence-electron chi connectivity index (χ2n) is 7.38. The van der Waals surface area contributed by atoms with Crippen LogP contribution >= 0.6 is 11.7 Å². The van der Waals surface area contributed by atoms with Crippen molar-refractivity contribution in [2.24, 2.45) is 0 Å². The van der Waals surface area contributed by atoms with Crippen molar-refractivity contribution in [2.75, 3.05) is 10.0 Å². The number of aromatic nitrogens is 4. The Morgan fingerprint density at radius 2 is 1.53 bits per heavy atom. The summed E-state index contributed by atoms with van der Waals surface area (Å²) in [5.41, 5.74) is 2.24. The van der Waals surface area contributed by atoms with E-state index >= 15 is 0 Å². The van der Waals surface area contributed by atoms with Crippen molar-refractivity contribution in [1.82, 2.24) is 18.7 Å². The minimum atomic E-state index is -3.93. The molecule has 0 bridgehead atoms. The molecule has 2 aromatic carbocycles. The first-order chi connectivity index (χ1) is 14.6. The number of nitrogens with zero attached hydrogens (tertiary/aromatic N) is 4. The number of anilines is 2. The normalized spacial score (nSPS) is 15.5. The van der Waals surface area contributed by atoms with E-state index in [1.165, 1.54) is 12.5 Å². The second kappa shape index (κ2) is 7.77. The maximum atomic E-state index is 13.2. The van der Waals surface area contributed by atoms with Crippen molar-refractivity contribution in [2.45, 2.75) is 43.0 Å². The minimum absolute atomic E-state index is 0.0762. The zero-order valence-electron chi connectivity index (χ0n) is 16.1. The molecule has 0 saturated heterocycles. The summed E-state index contributed by atoms with van der Waals surface area (Å²) in [6.45, 7) is 0. The lowest BCUT2D eigenvalue weighted by Crippen LogP contribution is -2.25. The van der Waals surface area contributed by atoms with Gasteiger partial charge in [0.1, 0.15) is 15.9 Å². The molecular formula is C20H20N6O2S2. The first-order valence-electron chi connectivity index (χ1n) is 9.87. The van der Waals surface area contributed by atoms with Crippen LogP contribution in [0.2, 0.25) is 0 Å². The molecule has 0 radical (unpaired) electrons. The summed E-state index contributed by atoms with van der Waals surface area (Å²) in [4.78, 5) is 9.32. The number of sulfonamides is 1. The smallest absolute Gasteiger partial charge is 0.265 e. The second-order valence-corrected chi connectivity index (χ2v) is 9.56. The summed E-state index contributed by atoms with van der Waals surface area (Å²) in [6, 6.07) is 12.6. The molecule has 2 aromatic heterocycles. The Morgan fingerprint density at radius 1 is 0.833 bits per heavy atom. The lowest BCUT2D eigenvalue weighted by Gasteiger charge is -2.24. The van der Waals surface area contributed by atoms with E-state index in [4.69, 9.17) is 0 Å². The van der Waals surface area contributed by atoms with Crippen molar-refractivity contribution >= 4 is 55.5 Å². The van der Waals surface area contributed by atoms with Gasteiger partial charge in [-0.05, 0) is 37.1 Å². The van der Waals surface area contributed by atoms with Crippen LogP contribution in [-0.2, 0) is 10.0 Å². The third-order valence-corrected chi connectivity index (χ3v) is 7.20. The molecule has 2 N–H and O–H groups in total. The van der Waals surface area contributed by atoms with Gasteiger partial charge in [-0.3, -0.25) is 4.72 Å². The molecule has 8 nitrogen and oxygen atoms in total. The number of nitrogens with one attached hydrogen (secondary N) is 2. The zero-order chi connectivity index (χ0) is 20.6. The molecule has 1 aliphatic carbocycles. The fraction of sp³-hybridized carbons (Fsp3) is 0.300. The van der Waals surface area contributed by atoms with Crippen LogP contribution < -0.4 is 10.0 Å². The van der Waals surface area contributed by atoms with Gasteiger partial charge >= 0.3 is 0 Å². The topological polar surface area (TPSA) is 110 Å². The monoisotopic (exact) mass is 440 g/mol. The summed E-state index contributed by atoms with van der Waals surface area (Å²) in [5.74, 6) is 0.646. The average Bonchev–Trinajstić information content (AvgIpc) is 3.23. The van der Waals surface area contributed by atoms with Crippen molar-refractivity contribution in [3.63, 3.8) is 0 Å². The molecule has 10 heteroatoms. The van der Waals surface area contributed by atoms with E-state index in [1.54, 1.807) is 12.1 Å². The van der Waals surface area contributed by atoms with Crippen LogP contribution in [-0.4, -0.2) is 33.2 Å². The highest BCUT2D eigenvalue weighted by Crippen LogP contribution is 2.29. The van der Waals surface area contributed by atoms with E-state index in [9.17, 15) is 8.42 Å². The third-order valence-electron chi connectivity index (χ3n) is 5.29. The van der Waals surface area contributed by atoms with E-state index in [0.29, 0.717) is 27.9 Å². The van der Waals surface area contributed by atoms with Gasteiger partial charge in [0.25, 0.3) is 10.0 Å². The average molecular weight is 441 g/mol. The van der Waals surface area contributed by atoms with Gasteiger partial charge in [-0.25, -0.2) is 18.4 Å². The lowest BCUT2D eigenvalue weighted by molar-refractivity contribution is 0.462. The van der Waals surface area contributed by atoms with Crippen molar-refractivity contribution in [3.05, 3.63) is 42.5 Å². The molecule has 154 valence electrons. The van der Waals surface area contributed by atoms with Gasteiger partial charge in [-0.2, -0.15) is 8.75 Å². The molecular weight excluding hydrogens is 420 g/mol. The molecule has 0 unspecified atom stereocenters. The summed E-state index contributed by atoms with van der Waals surface area (Å²) < 4.78 is 37.4. The maximum Gasteiger partial charge on any atom is 0.265 e. The van der Waals surface area contributed by atoms with Crippen LogP contribution in [0.25, 0.3) is 22.1 Å². The number of hydrogen-bond acceptors (Lipinski definition) is 8. The predicted octanol–water partition coefficient (Wildman–Crippen LogP) is 4.18. The first-order valence-corrected chi connectivity index (χ1v) is 12.1. The SMILES string of the molecule is O=S(=O)(Nc1nc2ccccc2nc1NC1CCCCC1)c1cccc2nsnc12. The van der Waals surface area contributed by atoms with Crippen LogP contribution in [0, 0.1) is 0 Å². The molecule has 5 rings (SSSR count). The van der Waals surface area contributed by atoms with E-state index in [1.807, 2.05) is 24.3 Å². The van der Waals surface area contributed by atoms with Gasteiger partial charge in [-0.15, -0.1) is 0 Å².